The minimum Gasteiger partial charge on any atom is -0.478 e. The number of hydrogen-bond acceptors (Lipinski definition) is 2. The summed E-state index contributed by atoms with van der Waals surface area (Å²) in [6, 6.07) is 7.52. The number of carbonyl (C=O) groups is 2. The van der Waals surface area contributed by atoms with Gasteiger partial charge in [-0.05, 0) is 23.6 Å². The zero-order chi connectivity index (χ0) is 14.1. The van der Waals surface area contributed by atoms with Crippen molar-refractivity contribution in [3.8, 4) is 0 Å². The van der Waals surface area contributed by atoms with Crippen molar-refractivity contribution in [1.29, 1.82) is 0 Å². The molecule has 1 rings (SSSR count). The second-order valence-electron chi connectivity index (χ2n) is 3.97. The van der Waals surface area contributed by atoms with Gasteiger partial charge in [-0.1, -0.05) is 36.4 Å². The molecule has 0 radical (unpaired) electrons. The molecule has 0 bridgehead atoms. The molecule has 1 amide bonds. The van der Waals surface area contributed by atoms with E-state index in [0.29, 0.717) is 6.54 Å². The molecule has 2 N–H and O–H groups in total. The quantitative estimate of drug-likeness (QED) is 0.608. The van der Waals surface area contributed by atoms with Gasteiger partial charge in [0.25, 0.3) is 0 Å². The first-order valence-electron chi connectivity index (χ1n) is 6.00. The zero-order valence-corrected chi connectivity index (χ0v) is 10.8. The third kappa shape index (κ3) is 6.21. The molecule has 100 valence electrons. The second-order valence-corrected chi connectivity index (χ2v) is 3.97. The van der Waals surface area contributed by atoms with E-state index in [1.807, 2.05) is 36.4 Å². The topological polar surface area (TPSA) is 66.4 Å². The molecule has 0 saturated carbocycles. The molecule has 0 unspecified atom stereocenters. The Morgan fingerprint density at radius 2 is 1.84 bits per heavy atom. The molecule has 0 aliphatic carbocycles. The summed E-state index contributed by atoms with van der Waals surface area (Å²) in [6.07, 6.45) is 7.28. The Morgan fingerprint density at radius 1 is 1.21 bits per heavy atom. The molecule has 19 heavy (non-hydrogen) atoms. The molecular formula is C15H17NO3. The van der Waals surface area contributed by atoms with Crippen LogP contribution >= 0.6 is 0 Å². The molecule has 4 heteroatoms. The van der Waals surface area contributed by atoms with Crippen LogP contribution in [0.25, 0.3) is 12.2 Å². The minimum atomic E-state index is -0.968. The lowest BCUT2D eigenvalue weighted by Crippen LogP contribution is -2.20. The Balaban J connectivity index is 2.64. The van der Waals surface area contributed by atoms with Crippen LogP contribution in [0.15, 0.2) is 36.4 Å². The fourth-order valence-electron chi connectivity index (χ4n) is 1.52. The van der Waals surface area contributed by atoms with Gasteiger partial charge in [-0.2, -0.15) is 0 Å². The van der Waals surface area contributed by atoms with E-state index in [2.05, 4.69) is 5.32 Å². The SMILES string of the molecule is CC(=O)NCCC=Cc1ccccc1/C=C/C(=O)O. The number of carboxylic acids is 1. The van der Waals surface area contributed by atoms with Gasteiger partial charge in [-0.3, -0.25) is 4.79 Å². The van der Waals surface area contributed by atoms with Crippen molar-refractivity contribution in [3.05, 3.63) is 47.5 Å². The van der Waals surface area contributed by atoms with Crippen LogP contribution in [0.4, 0.5) is 0 Å². The number of amides is 1. The van der Waals surface area contributed by atoms with Crippen molar-refractivity contribution >= 4 is 24.0 Å². The molecule has 0 aromatic heterocycles. The first-order valence-corrected chi connectivity index (χ1v) is 6.00. The van der Waals surface area contributed by atoms with Gasteiger partial charge in [0.05, 0.1) is 0 Å². The van der Waals surface area contributed by atoms with Crippen LogP contribution in [-0.2, 0) is 9.59 Å². The average molecular weight is 259 g/mol. The maximum absolute atomic E-state index is 10.7. The van der Waals surface area contributed by atoms with E-state index in [0.717, 1.165) is 23.6 Å². The Hall–Kier alpha value is -2.36. The number of carbonyl (C=O) groups excluding carboxylic acids is 1. The number of aliphatic carboxylic acids is 1. The highest BCUT2D eigenvalue weighted by Crippen LogP contribution is 2.12. The van der Waals surface area contributed by atoms with Gasteiger partial charge in [-0.25, -0.2) is 4.79 Å². The van der Waals surface area contributed by atoms with E-state index in [4.69, 9.17) is 5.11 Å². The molecule has 0 heterocycles. The Bertz CT molecular complexity index is 504. The van der Waals surface area contributed by atoms with Gasteiger partial charge in [0.2, 0.25) is 5.91 Å². The van der Waals surface area contributed by atoms with Crippen molar-refractivity contribution in [2.24, 2.45) is 0 Å². The Kier molecular flexibility index (Phi) is 6.09. The summed E-state index contributed by atoms with van der Waals surface area (Å²) < 4.78 is 0. The average Bonchev–Trinajstić information content (AvgIpc) is 2.36. The van der Waals surface area contributed by atoms with Crippen LogP contribution in [-0.4, -0.2) is 23.5 Å². The molecular weight excluding hydrogens is 242 g/mol. The standard InChI is InChI=1S/C15H17NO3/c1-12(17)16-11-5-4-8-13-6-2-3-7-14(13)9-10-15(18)19/h2-4,6-10H,5,11H2,1H3,(H,16,17)(H,18,19)/b8-4?,10-9+. The maximum atomic E-state index is 10.7. The summed E-state index contributed by atoms with van der Waals surface area (Å²) >= 11 is 0. The van der Waals surface area contributed by atoms with Crippen LogP contribution < -0.4 is 5.32 Å². The van der Waals surface area contributed by atoms with Crippen molar-refractivity contribution < 1.29 is 14.7 Å². The maximum Gasteiger partial charge on any atom is 0.328 e. The predicted molar refractivity (Wildman–Crippen MR) is 75.4 cm³/mol. The van der Waals surface area contributed by atoms with Crippen LogP contribution in [0.1, 0.15) is 24.5 Å². The van der Waals surface area contributed by atoms with Crippen LogP contribution in [0.5, 0.6) is 0 Å². The second kappa shape index (κ2) is 7.87. The fourth-order valence-corrected chi connectivity index (χ4v) is 1.52. The highest BCUT2D eigenvalue weighted by molar-refractivity contribution is 5.86. The van der Waals surface area contributed by atoms with Crippen molar-refractivity contribution in [1.82, 2.24) is 5.32 Å². The number of carboxylic acid groups (broad SMARTS) is 1. The Morgan fingerprint density at radius 3 is 2.42 bits per heavy atom. The van der Waals surface area contributed by atoms with Crippen LogP contribution in [0.2, 0.25) is 0 Å². The Labute approximate surface area is 112 Å². The highest BCUT2D eigenvalue weighted by Gasteiger charge is 1.95. The molecule has 0 spiro atoms. The normalized spacial score (nSPS) is 11.0. The molecule has 0 fully saturated rings. The molecule has 1 aromatic rings. The van der Waals surface area contributed by atoms with Gasteiger partial charge in [0, 0.05) is 19.5 Å². The monoisotopic (exact) mass is 259 g/mol. The zero-order valence-electron chi connectivity index (χ0n) is 10.8. The third-order valence-electron chi connectivity index (χ3n) is 2.38. The van der Waals surface area contributed by atoms with Crippen molar-refractivity contribution in [2.75, 3.05) is 6.54 Å². The van der Waals surface area contributed by atoms with E-state index in [1.54, 1.807) is 6.08 Å². The fraction of sp³-hybridized carbons (Fsp3) is 0.200. The lowest BCUT2D eigenvalue weighted by Gasteiger charge is -2.00. The van der Waals surface area contributed by atoms with Crippen LogP contribution in [0.3, 0.4) is 0 Å². The lowest BCUT2D eigenvalue weighted by atomic mass is 10.1. The van der Waals surface area contributed by atoms with Crippen LogP contribution in [0, 0.1) is 0 Å². The molecule has 0 saturated heterocycles. The predicted octanol–water partition coefficient (Wildman–Crippen LogP) is 2.32. The van der Waals surface area contributed by atoms with E-state index in [-0.39, 0.29) is 5.91 Å². The summed E-state index contributed by atoms with van der Waals surface area (Å²) in [5.74, 6) is -1.01. The highest BCUT2D eigenvalue weighted by atomic mass is 16.4. The van der Waals surface area contributed by atoms with Gasteiger partial charge in [0.15, 0.2) is 0 Å². The third-order valence-corrected chi connectivity index (χ3v) is 2.38. The molecule has 4 nitrogen and oxygen atoms in total. The smallest absolute Gasteiger partial charge is 0.328 e. The number of rotatable bonds is 6. The van der Waals surface area contributed by atoms with E-state index >= 15 is 0 Å². The van der Waals surface area contributed by atoms with Gasteiger partial charge in [0.1, 0.15) is 0 Å². The van der Waals surface area contributed by atoms with E-state index in [9.17, 15) is 9.59 Å². The molecule has 1 aromatic carbocycles. The summed E-state index contributed by atoms with van der Waals surface area (Å²) in [5, 5.41) is 11.3. The summed E-state index contributed by atoms with van der Waals surface area (Å²) in [4.78, 5) is 21.2. The molecule has 0 aliphatic rings. The van der Waals surface area contributed by atoms with Crippen molar-refractivity contribution in [2.45, 2.75) is 13.3 Å². The molecule has 0 atom stereocenters. The summed E-state index contributed by atoms with van der Waals surface area (Å²) in [6.45, 7) is 2.08. The van der Waals surface area contributed by atoms with Gasteiger partial charge < -0.3 is 10.4 Å². The first-order chi connectivity index (χ1) is 9.09. The number of benzene rings is 1. The first kappa shape index (κ1) is 14.7. The summed E-state index contributed by atoms with van der Waals surface area (Å²) in [5.41, 5.74) is 1.79. The number of hydrogen-bond donors (Lipinski definition) is 2. The molecule has 0 aliphatic heterocycles. The largest absolute Gasteiger partial charge is 0.478 e. The lowest BCUT2D eigenvalue weighted by molar-refractivity contribution is -0.131. The minimum absolute atomic E-state index is 0.0433. The summed E-state index contributed by atoms with van der Waals surface area (Å²) in [7, 11) is 0. The van der Waals surface area contributed by atoms with Gasteiger partial charge in [-0.15, -0.1) is 0 Å². The van der Waals surface area contributed by atoms with Gasteiger partial charge >= 0.3 is 5.97 Å². The van der Waals surface area contributed by atoms with E-state index in [1.165, 1.54) is 6.92 Å². The number of nitrogens with one attached hydrogen (secondary N) is 1. The van der Waals surface area contributed by atoms with E-state index < -0.39 is 5.97 Å². The van der Waals surface area contributed by atoms with Crippen molar-refractivity contribution in [3.63, 3.8) is 0 Å².